The Labute approximate surface area is 146 Å². The third kappa shape index (κ3) is 9.32. The summed E-state index contributed by atoms with van der Waals surface area (Å²) in [5.41, 5.74) is 3.18. The van der Waals surface area contributed by atoms with Crippen molar-refractivity contribution in [3.8, 4) is 0 Å². The van der Waals surface area contributed by atoms with Crippen LogP contribution in [0.25, 0.3) is 0 Å². The van der Waals surface area contributed by atoms with Gasteiger partial charge in [-0.3, -0.25) is 0 Å². The van der Waals surface area contributed by atoms with Gasteiger partial charge in [-0.05, 0) is 45.2 Å². The smallest absolute Gasteiger partial charge is 0.0110 e. The van der Waals surface area contributed by atoms with E-state index in [1.165, 1.54) is 58.4 Å². The van der Waals surface area contributed by atoms with Crippen molar-refractivity contribution in [2.45, 2.75) is 67.2 Å². The molecule has 136 valence electrons. The van der Waals surface area contributed by atoms with Crippen molar-refractivity contribution in [1.29, 1.82) is 0 Å². The van der Waals surface area contributed by atoms with Gasteiger partial charge >= 0.3 is 0 Å². The number of piperazine rings is 1. The van der Waals surface area contributed by atoms with Crippen LogP contribution in [0.1, 0.15) is 67.2 Å². The molecule has 1 saturated heterocycles. The normalized spacial score (nSPS) is 19.3. The van der Waals surface area contributed by atoms with Crippen LogP contribution in [0, 0.1) is 5.92 Å². The average molecular weight is 323 g/mol. The van der Waals surface area contributed by atoms with Gasteiger partial charge in [-0.25, -0.2) is 0 Å². The lowest BCUT2D eigenvalue weighted by Crippen LogP contribution is -2.46. The first kappa shape index (κ1) is 22.4. The molecule has 0 spiro atoms. The average Bonchev–Trinajstić information content (AvgIpc) is 2.56. The number of hydrogen-bond acceptors (Lipinski definition) is 2. The fraction of sp³-hybridized carbons (Fsp3) is 0.810. The molecule has 0 bridgehead atoms. The second-order valence-electron chi connectivity index (χ2n) is 6.70. The number of unbranched alkanes of at least 4 members (excludes halogenated alkanes) is 2. The molecule has 0 aromatic carbocycles. The molecule has 0 aromatic heterocycles. The Morgan fingerprint density at radius 2 is 1.70 bits per heavy atom. The van der Waals surface area contributed by atoms with Crippen LogP contribution < -0.4 is 0 Å². The standard InChI is InChI=1S/C19H36N2.C2H6/c1-6-8-9-11-17(3)19(10-7-2)18(4)16-21-14-12-20(5)13-15-21;1-2/h7,10,18H,6,8-9,11-16H2,1-5H3;1-2H3/b10-7-,19-17-;. The molecule has 1 rings (SSSR count). The zero-order valence-electron chi connectivity index (χ0n) is 17.0. The first-order valence-corrected chi connectivity index (χ1v) is 9.81. The third-order valence-corrected chi connectivity index (χ3v) is 4.65. The van der Waals surface area contributed by atoms with Gasteiger partial charge in [-0.1, -0.05) is 58.3 Å². The molecule has 2 heteroatoms. The van der Waals surface area contributed by atoms with Crippen LogP contribution in [0.4, 0.5) is 0 Å². The molecule has 1 aliphatic rings. The summed E-state index contributed by atoms with van der Waals surface area (Å²) < 4.78 is 0. The Morgan fingerprint density at radius 3 is 2.22 bits per heavy atom. The Morgan fingerprint density at radius 1 is 1.09 bits per heavy atom. The van der Waals surface area contributed by atoms with Crippen molar-refractivity contribution in [2.24, 2.45) is 5.92 Å². The van der Waals surface area contributed by atoms with E-state index in [0.29, 0.717) is 5.92 Å². The van der Waals surface area contributed by atoms with Crippen LogP contribution in [-0.4, -0.2) is 49.6 Å². The van der Waals surface area contributed by atoms with Crippen molar-refractivity contribution in [1.82, 2.24) is 9.80 Å². The van der Waals surface area contributed by atoms with E-state index < -0.39 is 0 Å². The topological polar surface area (TPSA) is 6.48 Å². The van der Waals surface area contributed by atoms with Crippen molar-refractivity contribution >= 4 is 0 Å². The highest BCUT2D eigenvalue weighted by Gasteiger charge is 2.18. The predicted molar refractivity (Wildman–Crippen MR) is 106 cm³/mol. The molecule has 0 aromatic rings. The minimum atomic E-state index is 0.645. The van der Waals surface area contributed by atoms with Gasteiger partial charge in [0.1, 0.15) is 0 Å². The SMILES string of the molecule is C/C=C\C(=C(/C)CCCCC)C(C)CN1CCN(C)CC1.CC. The summed E-state index contributed by atoms with van der Waals surface area (Å²) in [6.07, 6.45) is 9.82. The maximum absolute atomic E-state index is 2.63. The van der Waals surface area contributed by atoms with Crippen molar-refractivity contribution in [2.75, 3.05) is 39.8 Å². The molecule has 1 fully saturated rings. The van der Waals surface area contributed by atoms with Crippen LogP contribution in [0.15, 0.2) is 23.3 Å². The van der Waals surface area contributed by atoms with Gasteiger partial charge in [0.15, 0.2) is 0 Å². The van der Waals surface area contributed by atoms with Gasteiger partial charge < -0.3 is 9.80 Å². The van der Waals surface area contributed by atoms with Crippen LogP contribution in [0.2, 0.25) is 0 Å². The number of allylic oxidation sites excluding steroid dienone is 3. The Hall–Kier alpha value is -0.600. The van der Waals surface area contributed by atoms with E-state index in [1.54, 1.807) is 11.1 Å². The van der Waals surface area contributed by atoms with Crippen molar-refractivity contribution in [3.05, 3.63) is 23.3 Å². The summed E-state index contributed by atoms with van der Waals surface area (Å²) in [5, 5.41) is 0. The largest absolute Gasteiger partial charge is 0.304 e. The monoisotopic (exact) mass is 322 g/mol. The maximum atomic E-state index is 2.63. The third-order valence-electron chi connectivity index (χ3n) is 4.65. The fourth-order valence-corrected chi connectivity index (χ4v) is 3.21. The van der Waals surface area contributed by atoms with Crippen molar-refractivity contribution in [3.63, 3.8) is 0 Å². The van der Waals surface area contributed by atoms with Gasteiger partial charge in [0, 0.05) is 32.7 Å². The summed E-state index contributed by atoms with van der Waals surface area (Å²) in [5.74, 6) is 0.645. The second-order valence-corrected chi connectivity index (χ2v) is 6.70. The first-order chi connectivity index (χ1) is 11.1. The molecule has 2 nitrogen and oxygen atoms in total. The predicted octanol–water partition coefficient (Wildman–Crippen LogP) is 5.37. The van der Waals surface area contributed by atoms with Gasteiger partial charge in [0.2, 0.25) is 0 Å². The molecule has 0 radical (unpaired) electrons. The van der Waals surface area contributed by atoms with Gasteiger partial charge in [-0.2, -0.15) is 0 Å². The number of nitrogens with zero attached hydrogens (tertiary/aromatic N) is 2. The van der Waals surface area contributed by atoms with Crippen molar-refractivity contribution < 1.29 is 0 Å². The number of rotatable bonds is 8. The van der Waals surface area contributed by atoms with E-state index in [9.17, 15) is 0 Å². The van der Waals surface area contributed by atoms with Gasteiger partial charge in [0.05, 0.1) is 0 Å². The minimum Gasteiger partial charge on any atom is -0.304 e. The molecule has 0 N–H and O–H groups in total. The molecule has 0 aliphatic carbocycles. The summed E-state index contributed by atoms with van der Waals surface area (Å²) in [4.78, 5) is 5.06. The molecule has 0 saturated carbocycles. The summed E-state index contributed by atoms with van der Waals surface area (Å²) in [7, 11) is 2.23. The Kier molecular flexibility index (Phi) is 13.4. The quantitative estimate of drug-likeness (QED) is 0.438. The molecule has 0 amide bonds. The minimum absolute atomic E-state index is 0.645. The van der Waals surface area contributed by atoms with Crippen LogP contribution in [-0.2, 0) is 0 Å². The zero-order valence-corrected chi connectivity index (χ0v) is 17.0. The van der Waals surface area contributed by atoms with E-state index in [-0.39, 0.29) is 0 Å². The van der Waals surface area contributed by atoms with E-state index >= 15 is 0 Å². The van der Waals surface area contributed by atoms with E-state index in [0.717, 1.165) is 0 Å². The molecular formula is C21H42N2. The highest BCUT2D eigenvalue weighted by molar-refractivity contribution is 5.27. The molecule has 1 atom stereocenters. The molecule has 1 unspecified atom stereocenters. The first-order valence-electron chi connectivity index (χ1n) is 9.81. The second kappa shape index (κ2) is 13.8. The van der Waals surface area contributed by atoms with Crippen LogP contribution >= 0.6 is 0 Å². The summed E-state index contributed by atoms with van der Waals surface area (Å²) in [6.45, 7) is 19.2. The highest BCUT2D eigenvalue weighted by Crippen LogP contribution is 2.22. The lowest BCUT2D eigenvalue weighted by atomic mass is 9.92. The summed E-state index contributed by atoms with van der Waals surface area (Å²) >= 11 is 0. The highest BCUT2D eigenvalue weighted by atomic mass is 15.2. The molecule has 1 heterocycles. The fourth-order valence-electron chi connectivity index (χ4n) is 3.21. The molecule has 23 heavy (non-hydrogen) atoms. The van der Waals surface area contributed by atoms with E-state index in [2.05, 4.69) is 56.7 Å². The lowest BCUT2D eigenvalue weighted by molar-refractivity contribution is 0.144. The van der Waals surface area contributed by atoms with E-state index in [4.69, 9.17) is 0 Å². The van der Waals surface area contributed by atoms with Crippen LogP contribution in [0.3, 0.4) is 0 Å². The van der Waals surface area contributed by atoms with Gasteiger partial charge in [-0.15, -0.1) is 0 Å². The van der Waals surface area contributed by atoms with E-state index in [1.807, 2.05) is 13.8 Å². The Balaban J connectivity index is 0.00000232. The molecule has 1 aliphatic heterocycles. The molecular weight excluding hydrogens is 280 g/mol. The zero-order chi connectivity index (χ0) is 17.7. The maximum Gasteiger partial charge on any atom is 0.0110 e. The summed E-state index contributed by atoms with van der Waals surface area (Å²) in [6, 6.07) is 0. The van der Waals surface area contributed by atoms with Crippen LogP contribution in [0.5, 0.6) is 0 Å². The Bertz CT molecular complexity index is 336. The lowest BCUT2D eigenvalue weighted by Gasteiger charge is -2.34. The van der Waals surface area contributed by atoms with Gasteiger partial charge in [0.25, 0.3) is 0 Å². The number of likely N-dealkylation sites (N-methyl/N-ethyl adjacent to an activating group) is 1. The number of hydrogen-bond donors (Lipinski definition) is 0.